The van der Waals surface area contributed by atoms with Crippen LogP contribution in [0.5, 0.6) is 5.75 Å². The zero-order valence-corrected chi connectivity index (χ0v) is 20.5. The van der Waals surface area contributed by atoms with E-state index in [1.54, 1.807) is 6.08 Å². The summed E-state index contributed by atoms with van der Waals surface area (Å²) in [7, 11) is 0.966. The number of hydrogen-bond donors (Lipinski definition) is 0. The van der Waals surface area contributed by atoms with E-state index < -0.39 is 34.6 Å². The van der Waals surface area contributed by atoms with Crippen molar-refractivity contribution in [3.05, 3.63) is 70.3 Å². The minimum Gasteiger partial charge on any atom is -0.491 e. The monoisotopic (exact) mass is 476 g/mol. The average molecular weight is 477 g/mol. The third-order valence-corrected chi connectivity index (χ3v) is 7.22. The van der Waals surface area contributed by atoms with Gasteiger partial charge in [0.15, 0.2) is 17.4 Å². The summed E-state index contributed by atoms with van der Waals surface area (Å²) in [5, 5.41) is 0. The fourth-order valence-corrected chi connectivity index (χ4v) is 5.12. The molecular weight excluding hydrogens is 440 g/mol. The van der Waals surface area contributed by atoms with Crippen LogP contribution in [0.4, 0.5) is 17.6 Å². The molecule has 34 heavy (non-hydrogen) atoms. The first-order chi connectivity index (χ1) is 16.4. The minimum absolute atomic E-state index is 0.155. The van der Waals surface area contributed by atoms with Crippen LogP contribution in [-0.2, 0) is 6.42 Å². The maximum Gasteiger partial charge on any atom is 0.204 e. The first-order valence-corrected chi connectivity index (χ1v) is 12.5. The van der Waals surface area contributed by atoms with Gasteiger partial charge in [0, 0.05) is 0 Å². The summed E-state index contributed by atoms with van der Waals surface area (Å²) >= 11 is 0. The third kappa shape index (κ3) is 6.22. The fraction of sp³-hybridized carbons (Fsp3) is 0.517. The van der Waals surface area contributed by atoms with Gasteiger partial charge in [0.05, 0.1) is 12.7 Å². The van der Waals surface area contributed by atoms with Crippen molar-refractivity contribution in [3.63, 3.8) is 0 Å². The van der Waals surface area contributed by atoms with Crippen LogP contribution in [0.25, 0.3) is 5.57 Å². The average Bonchev–Trinajstić information content (AvgIpc) is 2.84. The second kappa shape index (κ2) is 12.4. The van der Waals surface area contributed by atoms with E-state index in [1.807, 2.05) is 0 Å². The number of ether oxygens (including phenoxy) is 1. The summed E-state index contributed by atoms with van der Waals surface area (Å²) in [6.45, 7) is 3.70. The zero-order chi connectivity index (χ0) is 24.7. The van der Waals surface area contributed by atoms with Crippen molar-refractivity contribution in [2.75, 3.05) is 7.11 Å². The van der Waals surface area contributed by atoms with E-state index in [2.05, 4.69) is 35.9 Å². The van der Waals surface area contributed by atoms with E-state index in [0.29, 0.717) is 18.8 Å². The molecule has 0 radical (unpaired) electrons. The Morgan fingerprint density at radius 1 is 0.912 bits per heavy atom. The summed E-state index contributed by atoms with van der Waals surface area (Å²) in [5.74, 6) is -5.44. The molecule has 0 spiro atoms. The molecule has 0 saturated heterocycles. The Labute approximate surface area is 201 Å². The van der Waals surface area contributed by atoms with Gasteiger partial charge >= 0.3 is 0 Å². The lowest BCUT2D eigenvalue weighted by Gasteiger charge is -2.29. The standard InChI is InChI=1S/C29H36F4O/c1-4-5-6-9-20-11-15-22(16-12-20)23-17-13-21(14-18-23)10-7-8-19(2)24-25(30)27(32)29(34-3)28(33)26(24)31/h8,13-14,17-18,20,22H,4-7,9-12,15-16H2,1-3H3. The molecule has 2 aromatic carbocycles. The Morgan fingerprint density at radius 2 is 1.53 bits per heavy atom. The van der Waals surface area contributed by atoms with Gasteiger partial charge in [0.2, 0.25) is 11.6 Å². The van der Waals surface area contributed by atoms with E-state index in [1.165, 1.54) is 63.9 Å². The van der Waals surface area contributed by atoms with Crippen LogP contribution in [-0.4, -0.2) is 7.11 Å². The summed E-state index contributed by atoms with van der Waals surface area (Å²) in [6.07, 6.45) is 13.3. The van der Waals surface area contributed by atoms with Gasteiger partial charge in [0.25, 0.3) is 0 Å². The third-order valence-electron chi connectivity index (χ3n) is 7.22. The quantitative estimate of drug-likeness (QED) is 0.189. The molecule has 1 saturated carbocycles. The first kappa shape index (κ1) is 26.3. The second-order valence-corrected chi connectivity index (χ2v) is 9.55. The molecule has 0 heterocycles. The van der Waals surface area contributed by atoms with E-state index in [0.717, 1.165) is 18.6 Å². The molecule has 1 fully saturated rings. The molecule has 0 unspecified atom stereocenters. The summed E-state index contributed by atoms with van der Waals surface area (Å²) in [6, 6.07) is 8.61. The summed E-state index contributed by atoms with van der Waals surface area (Å²) < 4.78 is 61.1. The second-order valence-electron chi connectivity index (χ2n) is 9.55. The van der Waals surface area contributed by atoms with Crippen molar-refractivity contribution in [1.29, 1.82) is 0 Å². The van der Waals surface area contributed by atoms with Crippen LogP contribution in [0.1, 0.15) is 94.2 Å². The maximum atomic E-state index is 14.3. The van der Waals surface area contributed by atoms with Gasteiger partial charge in [-0.05, 0) is 74.0 Å². The Balaban J connectivity index is 1.56. The van der Waals surface area contributed by atoms with Gasteiger partial charge in [-0.1, -0.05) is 62.9 Å². The number of benzene rings is 2. The number of hydrogen-bond acceptors (Lipinski definition) is 1. The topological polar surface area (TPSA) is 9.23 Å². The van der Waals surface area contributed by atoms with Gasteiger partial charge in [0.1, 0.15) is 0 Å². The van der Waals surface area contributed by atoms with E-state index in [-0.39, 0.29) is 5.57 Å². The van der Waals surface area contributed by atoms with Crippen LogP contribution in [0, 0.1) is 29.2 Å². The lowest BCUT2D eigenvalue weighted by Crippen LogP contribution is -2.13. The van der Waals surface area contributed by atoms with Gasteiger partial charge < -0.3 is 4.74 Å². The molecule has 1 aliphatic carbocycles. The normalized spacial score (nSPS) is 18.9. The van der Waals surface area contributed by atoms with Crippen molar-refractivity contribution in [2.24, 2.45) is 5.92 Å². The Hall–Kier alpha value is -2.30. The number of methoxy groups -OCH3 is 1. The highest BCUT2D eigenvalue weighted by molar-refractivity contribution is 5.66. The molecule has 2 aromatic rings. The number of allylic oxidation sites excluding steroid dienone is 2. The number of halogens is 4. The Bertz CT molecular complexity index is 944. The molecule has 0 amide bonds. The maximum absolute atomic E-state index is 14.3. The largest absolute Gasteiger partial charge is 0.491 e. The molecule has 3 rings (SSSR count). The van der Waals surface area contributed by atoms with Crippen LogP contribution in [0.3, 0.4) is 0 Å². The smallest absolute Gasteiger partial charge is 0.204 e. The van der Waals surface area contributed by atoms with E-state index in [4.69, 9.17) is 0 Å². The number of unbranched alkanes of at least 4 members (excludes halogenated alkanes) is 2. The zero-order valence-electron chi connectivity index (χ0n) is 20.5. The van der Waals surface area contributed by atoms with Crippen molar-refractivity contribution >= 4 is 5.57 Å². The van der Waals surface area contributed by atoms with Gasteiger partial charge in [-0.3, -0.25) is 0 Å². The molecule has 5 heteroatoms. The predicted molar refractivity (Wildman–Crippen MR) is 130 cm³/mol. The summed E-state index contributed by atoms with van der Waals surface area (Å²) in [4.78, 5) is 0. The number of aryl methyl sites for hydroxylation is 1. The minimum atomic E-state index is -1.52. The molecule has 0 bridgehead atoms. The SMILES string of the molecule is CCCCCC1CCC(c2ccc(CCC=C(C)c3c(F)c(F)c(OC)c(F)c3F)cc2)CC1. The molecule has 1 nitrogen and oxygen atoms in total. The molecule has 1 aliphatic rings. The van der Waals surface area contributed by atoms with Gasteiger partial charge in [-0.2, -0.15) is 8.78 Å². The first-order valence-electron chi connectivity index (χ1n) is 12.5. The van der Waals surface area contributed by atoms with Crippen molar-refractivity contribution in [3.8, 4) is 5.75 Å². The molecule has 186 valence electrons. The molecule has 0 aliphatic heterocycles. The van der Waals surface area contributed by atoms with Crippen molar-refractivity contribution in [2.45, 2.75) is 84.0 Å². The Kier molecular flexibility index (Phi) is 9.61. The van der Waals surface area contributed by atoms with E-state index in [9.17, 15) is 17.6 Å². The van der Waals surface area contributed by atoms with Crippen LogP contribution in [0.2, 0.25) is 0 Å². The highest BCUT2D eigenvalue weighted by atomic mass is 19.2. The van der Waals surface area contributed by atoms with Crippen molar-refractivity contribution < 1.29 is 22.3 Å². The van der Waals surface area contributed by atoms with Crippen LogP contribution >= 0.6 is 0 Å². The lowest BCUT2D eigenvalue weighted by atomic mass is 9.77. The molecule has 0 atom stereocenters. The van der Waals surface area contributed by atoms with E-state index >= 15 is 0 Å². The summed E-state index contributed by atoms with van der Waals surface area (Å²) in [5.41, 5.74) is 1.98. The fourth-order valence-electron chi connectivity index (χ4n) is 5.12. The number of rotatable bonds is 10. The predicted octanol–water partition coefficient (Wildman–Crippen LogP) is 9.14. The highest BCUT2D eigenvalue weighted by Gasteiger charge is 2.27. The molecular formula is C29H36F4O. The van der Waals surface area contributed by atoms with Crippen LogP contribution < -0.4 is 4.74 Å². The van der Waals surface area contributed by atoms with Gasteiger partial charge in [-0.25, -0.2) is 8.78 Å². The Morgan fingerprint density at radius 3 is 2.09 bits per heavy atom. The highest BCUT2D eigenvalue weighted by Crippen LogP contribution is 2.38. The molecule has 0 aromatic heterocycles. The molecule has 0 N–H and O–H groups in total. The van der Waals surface area contributed by atoms with Gasteiger partial charge in [-0.15, -0.1) is 0 Å². The van der Waals surface area contributed by atoms with Crippen LogP contribution in [0.15, 0.2) is 30.3 Å². The lowest BCUT2D eigenvalue weighted by molar-refractivity contribution is 0.303. The van der Waals surface area contributed by atoms with Crippen molar-refractivity contribution in [1.82, 2.24) is 0 Å².